The van der Waals surface area contributed by atoms with E-state index in [4.69, 9.17) is 9.47 Å². The number of hydrogen-bond donors (Lipinski definition) is 2. The van der Waals surface area contributed by atoms with Crippen molar-refractivity contribution in [1.29, 1.82) is 5.26 Å². The fourth-order valence-corrected chi connectivity index (χ4v) is 4.94. The first-order valence-corrected chi connectivity index (χ1v) is 12.6. The van der Waals surface area contributed by atoms with E-state index in [0.29, 0.717) is 68.1 Å². The van der Waals surface area contributed by atoms with Crippen molar-refractivity contribution in [3.05, 3.63) is 40.7 Å². The Morgan fingerprint density at radius 3 is 2.95 bits per heavy atom. The number of amides is 3. The molecule has 1 saturated carbocycles. The predicted molar refractivity (Wildman–Crippen MR) is 137 cm³/mol. The minimum absolute atomic E-state index is 0.0392. The van der Waals surface area contributed by atoms with Crippen molar-refractivity contribution < 1.29 is 23.9 Å². The quantitative estimate of drug-likeness (QED) is 0.395. The molecule has 0 bridgehead atoms. The zero-order chi connectivity index (χ0) is 26.7. The van der Waals surface area contributed by atoms with Gasteiger partial charge in [-0.05, 0) is 37.3 Å². The van der Waals surface area contributed by atoms with Crippen LogP contribution in [-0.4, -0.2) is 78.7 Å². The van der Waals surface area contributed by atoms with Gasteiger partial charge in [0.2, 0.25) is 5.91 Å². The summed E-state index contributed by atoms with van der Waals surface area (Å²) in [6.07, 6.45) is 5.24. The average molecular weight is 520 g/mol. The molecule has 1 saturated heterocycles. The van der Waals surface area contributed by atoms with Gasteiger partial charge in [-0.25, -0.2) is 14.8 Å². The molecule has 0 unspecified atom stereocenters. The highest BCUT2D eigenvalue weighted by atomic mass is 16.5. The molecule has 1 spiro atoms. The first-order chi connectivity index (χ1) is 18.5. The number of ether oxygens (including phenoxy) is 2. The van der Waals surface area contributed by atoms with Gasteiger partial charge in [0.15, 0.2) is 6.29 Å². The van der Waals surface area contributed by atoms with Crippen LogP contribution in [-0.2, 0) is 27.2 Å². The van der Waals surface area contributed by atoms with Crippen molar-refractivity contribution in [2.75, 3.05) is 55.6 Å². The van der Waals surface area contributed by atoms with Gasteiger partial charge in [0, 0.05) is 44.6 Å². The molecule has 2 aliphatic heterocycles. The zero-order valence-corrected chi connectivity index (χ0v) is 21.2. The first kappa shape index (κ1) is 25.6. The number of anilines is 3. The van der Waals surface area contributed by atoms with Crippen LogP contribution in [0.15, 0.2) is 18.3 Å². The summed E-state index contributed by atoms with van der Waals surface area (Å²) >= 11 is 0. The van der Waals surface area contributed by atoms with Crippen LogP contribution in [0.3, 0.4) is 0 Å². The molecular weight excluding hydrogens is 490 g/mol. The number of rotatable bonds is 8. The van der Waals surface area contributed by atoms with Crippen molar-refractivity contribution in [1.82, 2.24) is 14.9 Å². The summed E-state index contributed by atoms with van der Waals surface area (Å²) in [5.41, 5.74) is 2.32. The lowest BCUT2D eigenvalue weighted by Crippen LogP contribution is -2.50. The van der Waals surface area contributed by atoms with Crippen LogP contribution in [0.2, 0.25) is 0 Å². The Labute approximate surface area is 219 Å². The van der Waals surface area contributed by atoms with Gasteiger partial charge < -0.3 is 19.7 Å². The summed E-state index contributed by atoms with van der Waals surface area (Å²) in [6, 6.07) is 5.12. The first-order valence-electron chi connectivity index (χ1n) is 12.6. The van der Waals surface area contributed by atoms with Gasteiger partial charge in [0.05, 0.1) is 30.0 Å². The highest BCUT2D eigenvalue weighted by molar-refractivity contribution is 6.02. The average Bonchev–Trinajstić information content (AvgIpc) is 3.70. The molecular formula is C26H29N7O5. The molecule has 12 nitrogen and oxygen atoms in total. The van der Waals surface area contributed by atoms with E-state index in [1.807, 2.05) is 11.0 Å². The van der Waals surface area contributed by atoms with Gasteiger partial charge in [-0.2, -0.15) is 5.26 Å². The largest absolute Gasteiger partial charge is 0.383 e. The smallest absolute Gasteiger partial charge is 0.328 e. The Kier molecular flexibility index (Phi) is 7.22. The van der Waals surface area contributed by atoms with Crippen LogP contribution in [0.5, 0.6) is 0 Å². The molecule has 4 heterocycles. The highest BCUT2D eigenvalue weighted by Gasteiger charge is 2.52. The number of aldehydes is 1. The van der Waals surface area contributed by atoms with Crippen LogP contribution >= 0.6 is 0 Å². The second-order valence-corrected chi connectivity index (χ2v) is 9.66. The number of urea groups is 1. The van der Waals surface area contributed by atoms with Crippen molar-refractivity contribution in [2.24, 2.45) is 0 Å². The third kappa shape index (κ3) is 5.03. The number of nitrogens with zero attached hydrogens (tertiary/aromatic N) is 5. The summed E-state index contributed by atoms with van der Waals surface area (Å²) in [5.74, 6) is 0.602. The maximum atomic E-state index is 13.3. The number of fused-ring (bicyclic) bond motifs is 1. The zero-order valence-electron chi connectivity index (χ0n) is 21.2. The molecule has 2 fully saturated rings. The lowest BCUT2D eigenvalue weighted by Gasteiger charge is -2.36. The summed E-state index contributed by atoms with van der Waals surface area (Å²) < 4.78 is 10.5. The van der Waals surface area contributed by atoms with Crippen molar-refractivity contribution in [3.8, 4) is 6.07 Å². The number of carbonyl (C=O) groups is 3. The van der Waals surface area contributed by atoms with Crippen LogP contribution < -0.4 is 15.5 Å². The molecule has 12 heteroatoms. The molecule has 3 amide bonds. The monoisotopic (exact) mass is 519 g/mol. The number of hydrogen-bond acceptors (Lipinski definition) is 9. The van der Waals surface area contributed by atoms with Crippen molar-refractivity contribution >= 4 is 35.5 Å². The Hall–Kier alpha value is -4.08. The van der Waals surface area contributed by atoms with Crippen LogP contribution in [0.1, 0.15) is 46.4 Å². The van der Waals surface area contributed by atoms with Gasteiger partial charge in [0.25, 0.3) is 0 Å². The summed E-state index contributed by atoms with van der Waals surface area (Å²) in [5, 5.41) is 15.2. The van der Waals surface area contributed by atoms with E-state index in [1.165, 1.54) is 11.1 Å². The van der Waals surface area contributed by atoms with Gasteiger partial charge in [-0.3, -0.25) is 19.8 Å². The number of nitrogens with one attached hydrogen (secondary N) is 2. The molecule has 1 aliphatic carbocycles. The van der Waals surface area contributed by atoms with Gasteiger partial charge in [-0.1, -0.05) is 0 Å². The second-order valence-electron chi connectivity index (χ2n) is 9.66. The number of aryl methyl sites for hydroxylation is 1. The normalized spacial score (nSPS) is 17.5. The number of methoxy groups -OCH3 is 1. The molecule has 38 heavy (non-hydrogen) atoms. The van der Waals surface area contributed by atoms with Gasteiger partial charge in [0.1, 0.15) is 30.0 Å². The van der Waals surface area contributed by atoms with E-state index in [2.05, 4.69) is 26.7 Å². The minimum Gasteiger partial charge on any atom is -0.383 e. The van der Waals surface area contributed by atoms with E-state index in [1.54, 1.807) is 13.2 Å². The van der Waals surface area contributed by atoms with E-state index in [-0.39, 0.29) is 36.1 Å². The maximum absolute atomic E-state index is 13.3. The Bertz CT molecular complexity index is 1300. The van der Waals surface area contributed by atoms with E-state index in [0.717, 1.165) is 18.4 Å². The van der Waals surface area contributed by atoms with Crippen LogP contribution in [0, 0.1) is 11.3 Å². The minimum atomic E-state index is -0.441. The fourth-order valence-electron chi connectivity index (χ4n) is 4.94. The predicted octanol–water partition coefficient (Wildman–Crippen LogP) is 2.10. The Morgan fingerprint density at radius 1 is 1.37 bits per heavy atom. The molecule has 0 radical (unpaired) electrons. The number of morpholine rings is 1. The summed E-state index contributed by atoms with van der Waals surface area (Å²) in [7, 11) is 1.58. The second kappa shape index (κ2) is 10.7. The molecule has 2 aromatic heterocycles. The topological polar surface area (TPSA) is 150 Å². The number of aromatic nitrogens is 2. The van der Waals surface area contributed by atoms with Crippen LogP contribution in [0.25, 0.3) is 0 Å². The Balaban J connectivity index is 1.36. The molecule has 0 aromatic carbocycles. The van der Waals surface area contributed by atoms with E-state index >= 15 is 0 Å². The molecule has 2 N–H and O–H groups in total. The van der Waals surface area contributed by atoms with Gasteiger partial charge >= 0.3 is 6.03 Å². The van der Waals surface area contributed by atoms with E-state index < -0.39 is 6.03 Å². The van der Waals surface area contributed by atoms with Crippen LogP contribution in [0.4, 0.5) is 22.1 Å². The van der Waals surface area contributed by atoms with Gasteiger partial charge in [-0.15, -0.1) is 0 Å². The molecule has 2 aromatic rings. The van der Waals surface area contributed by atoms with Crippen molar-refractivity contribution in [2.45, 2.75) is 37.8 Å². The fraction of sp³-hybridized carbons (Fsp3) is 0.462. The third-order valence-electron chi connectivity index (χ3n) is 7.14. The number of pyridine rings is 2. The number of carbonyl (C=O) groups excluding carboxylic acids is 3. The summed E-state index contributed by atoms with van der Waals surface area (Å²) in [4.78, 5) is 50.0. The lowest BCUT2D eigenvalue weighted by molar-refractivity contribution is -0.151. The molecule has 3 aliphatic rings. The standard InChI is InChI=1S/C26H29N7O5/c1-37-8-6-28-20-10-22(29-12-19(20)11-27)31-25(36)32-7-2-3-17-9-18(21(14-34)30-24(17)32)13-33-23(35)15-38-16-26(33)4-5-26/h9-10,12,14H,2-8,13,15-16H2,1H3,(H2,28,29,31,36). The maximum Gasteiger partial charge on any atom is 0.328 e. The van der Waals surface area contributed by atoms with E-state index in [9.17, 15) is 19.6 Å². The third-order valence-corrected chi connectivity index (χ3v) is 7.14. The molecule has 198 valence electrons. The highest BCUT2D eigenvalue weighted by Crippen LogP contribution is 2.45. The number of nitriles is 1. The lowest BCUT2D eigenvalue weighted by atomic mass is 10.0. The van der Waals surface area contributed by atoms with Crippen molar-refractivity contribution in [3.63, 3.8) is 0 Å². The summed E-state index contributed by atoms with van der Waals surface area (Å²) in [6.45, 7) is 2.19. The molecule has 5 rings (SSSR count). The SMILES string of the molecule is COCCNc1cc(NC(=O)N2CCCc3cc(CN4C(=O)COCC45CC5)c(C=O)nc32)ncc1C#N. The molecule has 0 atom stereocenters. The Morgan fingerprint density at radius 2 is 2.21 bits per heavy atom.